The van der Waals surface area contributed by atoms with Gasteiger partial charge in [-0.15, -0.1) is 0 Å². The number of aliphatic hydroxyl groups is 1. The van der Waals surface area contributed by atoms with Crippen molar-refractivity contribution >= 4 is 5.91 Å². The SMILES string of the molecule is O=C(c1cc(-c2ccc(F)cc2)n[nH]1)N(CCO)Cc1ccccc1. The van der Waals surface area contributed by atoms with Gasteiger partial charge < -0.3 is 10.0 Å². The summed E-state index contributed by atoms with van der Waals surface area (Å²) < 4.78 is 13.0. The van der Waals surface area contributed by atoms with Crippen LogP contribution in [-0.2, 0) is 6.54 Å². The van der Waals surface area contributed by atoms with Crippen LogP contribution in [0.25, 0.3) is 11.3 Å². The van der Waals surface area contributed by atoms with Crippen molar-refractivity contribution in [3.63, 3.8) is 0 Å². The summed E-state index contributed by atoms with van der Waals surface area (Å²) in [5.74, 6) is -0.577. The highest BCUT2D eigenvalue weighted by Gasteiger charge is 2.18. The fraction of sp³-hybridized carbons (Fsp3) is 0.158. The van der Waals surface area contributed by atoms with E-state index in [4.69, 9.17) is 0 Å². The van der Waals surface area contributed by atoms with Crippen LogP contribution in [0.1, 0.15) is 16.1 Å². The number of aliphatic hydroxyl groups excluding tert-OH is 1. The number of hydrogen-bond acceptors (Lipinski definition) is 3. The molecule has 0 saturated heterocycles. The van der Waals surface area contributed by atoms with Gasteiger partial charge in [-0.3, -0.25) is 9.89 Å². The van der Waals surface area contributed by atoms with E-state index in [2.05, 4.69) is 10.2 Å². The molecule has 25 heavy (non-hydrogen) atoms. The Balaban J connectivity index is 1.79. The summed E-state index contributed by atoms with van der Waals surface area (Å²) in [6, 6.07) is 17.1. The summed E-state index contributed by atoms with van der Waals surface area (Å²) in [5.41, 5.74) is 2.58. The van der Waals surface area contributed by atoms with Gasteiger partial charge in [0.1, 0.15) is 11.5 Å². The van der Waals surface area contributed by atoms with Crippen molar-refractivity contribution in [2.24, 2.45) is 0 Å². The maximum Gasteiger partial charge on any atom is 0.272 e. The zero-order valence-corrected chi connectivity index (χ0v) is 13.5. The van der Waals surface area contributed by atoms with Gasteiger partial charge in [0, 0.05) is 18.7 Å². The van der Waals surface area contributed by atoms with Gasteiger partial charge in [0.15, 0.2) is 0 Å². The Bertz CT molecular complexity index is 831. The highest BCUT2D eigenvalue weighted by molar-refractivity contribution is 5.93. The van der Waals surface area contributed by atoms with Gasteiger partial charge in [-0.25, -0.2) is 4.39 Å². The van der Waals surface area contributed by atoms with E-state index >= 15 is 0 Å². The Morgan fingerprint density at radius 1 is 1.12 bits per heavy atom. The molecule has 0 spiro atoms. The van der Waals surface area contributed by atoms with Crippen molar-refractivity contribution in [1.82, 2.24) is 15.1 Å². The van der Waals surface area contributed by atoms with Gasteiger partial charge in [-0.2, -0.15) is 5.10 Å². The highest BCUT2D eigenvalue weighted by Crippen LogP contribution is 2.19. The van der Waals surface area contributed by atoms with Gasteiger partial charge in [-0.1, -0.05) is 30.3 Å². The van der Waals surface area contributed by atoms with E-state index in [9.17, 15) is 14.3 Å². The summed E-state index contributed by atoms with van der Waals surface area (Å²) in [4.78, 5) is 14.3. The Morgan fingerprint density at radius 3 is 2.52 bits per heavy atom. The predicted molar refractivity (Wildman–Crippen MR) is 92.3 cm³/mol. The van der Waals surface area contributed by atoms with Crippen LogP contribution in [-0.4, -0.2) is 39.3 Å². The first-order valence-corrected chi connectivity index (χ1v) is 7.93. The largest absolute Gasteiger partial charge is 0.395 e. The molecule has 0 aliphatic heterocycles. The number of aromatic nitrogens is 2. The number of rotatable bonds is 6. The molecule has 0 aliphatic rings. The van der Waals surface area contributed by atoms with E-state index in [1.807, 2.05) is 30.3 Å². The minimum Gasteiger partial charge on any atom is -0.395 e. The number of aromatic amines is 1. The molecule has 2 aromatic carbocycles. The minimum atomic E-state index is -0.326. The molecule has 0 fully saturated rings. The second-order valence-electron chi connectivity index (χ2n) is 5.61. The van der Waals surface area contributed by atoms with Gasteiger partial charge in [0.2, 0.25) is 0 Å². The average Bonchev–Trinajstić information content (AvgIpc) is 3.12. The highest BCUT2D eigenvalue weighted by atomic mass is 19.1. The predicted octanol–water partition coefficient (Wildman–Crippen LogP) is 2.85. The Kier molecular flexibility index (Phi) is 5.20. The Hall–Kier alpha value is -2.99. The number of amides is 1. The zero-order chi connectivity index (χ0) is 17.6. The van der Waals surface area contributed by atoms with Crippen LogP contribution in [0.2, 0.25) is 0 Å². The number of benzene rings is 2. The molecule has 1 aromatic heterocycles. The van der Waals surface area contributed by atoms with Crippen molar-refractivity contribution in [2.45, 2.75) is 6.54 Å². The summed E-state index contributed by atoms with van der Waals surface area (Å²) in [6.45, 7) is 0.487. The van der Waals surface area contributed by atoms with Crippen molar-refractivity contribution < 1.29 is 14.3 Å². The number of hydrogen-bond donors (Lipinski definition) is 2. The third-order valence-corrected chi connectivity index (χ3v) is 3.82. The second kappa shape index (κ2) is 7.72. The van der Waals surface area contributed by atoms with Crippen LogP contribution in [0.5, 0.6) is 0 Å². The Morgan fingerprint density at radius 2 is 1.84 bits per heavy atom. The number of carbonyl (C=O) groups is 1. The standard InChI is InChI=1S/C19H18FN3O2/c20-16-8-6-15(7-9-16)17-12-18(22-21-17)19(25)23(10-11-24)13-14-4-2-1-3-5-14/h1-9,12,24H,10-11,13H2,(H,21,22). The zero-order valence-electron chi connectivity index (χ0n) is 13.5. The third-order valence-electron chi connectivity index (χ3n) is 3.82. The van der Waals surface area contributed by atoms with E-state index in [1.54, 1.807) is 23.1 Å². The molecule has 5 nitrogen and oxygen atoms in total. The molecule has 3 aromatic rings. The average molecular weight is 339 g/mol. The molecule has 3 rings (SSSR count). The van der Waals surface area contributed by atoms with Crippen LogP contribution in [0.15, 0.2) is 60.7 Å². The molecule has 6 heteroatoms. The summed E-state index contributed by atoms with van der Waals surface area (Å²) >= 11 is 0. The van der Waals surface area contributed by atoms with Crippen LogP contribution in [0.4, 0.5) is 4.39 Å². The topological polar surface area (TPSA) is 69.2 Å². The van der Waals surface area contributed by atoms with Crippen LogP contribution < -0.4 is 0 Å². The van der Waals surface area contributed by atoms with Crippen molar-refractivity contribution in [2.75, 3.05) is 13.2 Å². The molecule has 0 radical (unpaired) electrons. The van der Waals surface area contributed by atoms with E-state index in [0.717, 1.165) is 5.56 Å². The third kappa shape index (κ3) is 4.10. The van der Waals surface area contributed by atoms with Crippen LogP contribution >= 0.6 is 0 Å². The van der Waals surface area contributed by atoms with E-state index < -0.39 is 0 Å². The molecule has 0 atom stereocenters. The molecule has 0 bridgehead atoms. The summed E-state index contributed by atoms with van der Waals surface area (Å²) in [5, 5.41) is 16.1. The maximum atomic E-state index is 13.0. The number of halogens is 1. The molecule has 1 amide bonds. The number of carbonyl (C=O) groups excluding carboxylic acids is 1. The molecule has 0 saturated carbocycles. The lowest BCUT2D eigenvalue weighted by Gasteiger charge is -2.21. The van der Waals surface area contributed by atoms with Crippen LogP contribution in [0, 0.1) is 5.82 Å². The number of nitrogens with zero attached hydrogens (tertiary/aromatic N) is 2. The van der Waals surface area contributed by atoms with Gasteiger partial charge >= 0.3 is 0 Å². The van der Waals surface area contributed by atoms with Gasteiger partial charge in [0.05, 0.1) is 12.3 Å². The first-order valence-electron chi connectivity index (χ1n) is 7.93. The molecule has 128 valence electrons. The normalized spacial score (nSPS) is 10.6. The first-order chi connectivity index (χ1) is 12.2. The molecule has 1 heterocycles. The van der Waals surface area contributed by atoms with E-state index in [1.165, 1.54) is 12.1 Å². The monoisotopic (exact) mass is 339 g/mol. The van der Waals surface area contributed by atoms with Gasteiger partial charge in [0.25, 0.3) is 5.91 Å². The number of nitrogens with one attached hydrogen (secondary N) is 1. The quantitative estimate of drug-likeness (QED) is 0.725. The van der Waals surface area contributed by atoms with Crippen molar-refractivity contribution in [3.05, 3.63) is 77.7 Å². The first kappa shape index (κ1) is 16.9. The fourth-order valence-electron chi connectivity index (χ4n) is 2.55. The fourth-order valence-corrected chi connectivity index (χ4v) is 2.55. The lowest BCUT2D eigenvalue weighted by Crippen LogP contribution is -2.33. The molecule has 0 unspecified atom stereocenters. The minimum absolute atomic E-state index is 0.127. The molecule has 2 N–H and O–H groups in total. The molecule has 0 aliphatic carbocycles. The van der Waals surface area contributed by atoms with E-state index in [-0.39, 0.29) is 24.9 Å². The van der Waals surface area contributed by atoms with Crippen molar-refractivity contribution in [3.8, 4) is 11.3 Å². The van der Waals surface area contributed by atoms with E-state index in [0.29, 0.717) is 23.5 Å². The molecular formula is C19H18FN3O2. The Labute approximate surface area is 144 Å². The maximum absolute atomic E-state index is 13.0. The smallest absolute Gasteiger partial charge is 0.272 e. The molecular weight excluding hydrogens is 321 g/mol. The summed E-state index contributed by atoms with van der Waals surface area (Å²) in [7, 11) is 0. The lowest BCUT2D eigenvalue weighted by molar-refractivity contribution is 0.0702. The van der Waals surface area contributed by atoms with Crippen LogP contribution in [0.3, 0.4) is 0 Å². The lowest BCUT2D eigenvalue weighted by atomic mass is 10.1. The second-order valence-corrected chi connectivity index (χ2v) is 5.61. The number of H-pyrrole nitrogens is 1. The van der Waals surface area contributed by atoms with Crippen molar-refractivity contribution in [1.29, 1.82) is 0 Å². The summed E-state index contributed by atoms with van der Waals surface area (Å²) in [6.07, 6.45) is 0. The van der Waals surface area contributed by atoms with Gasteiger partial charge in [-0.05, 0) is 35.9 Å².